The van der Waals surface area contributed by atoms with E-state index < -0.39 is 35.4 Å². The van der Waals surface area contributed by atoms with Crippen LogP contribution in [0, 0.1) is 12.7 Å². The molecule has 1 saturated heterocycles. The molecule has 5 nitrogen and oxygen atoms in total. The molecule has 0 unspecified atom stereocenters. The number of hydrogen-bond acceptors (Lipinski definition) is 3. The van der Waals surface area contributed by atoms with Crippen molar-refractivity contribution in [1.82, 2.24) is 4.98 Å². The van der Waals surface area contributed by atoms with Gasteiger partial charge in [0.1, 0.15) is 17.7 Å². The molecule has 1 fully saturated rings. The lowest BCUT2D eigenvalue weighted by atomic mass is 10.1. The van der Waals surface area contributed by atoms with E-state index in [1.165, 1.54) is 19.1 Å². The molecule has 1 aliphatic heterocycles. The molecule has 1 aromatic carbocycles. The van der Waals surface area contributed by atoms with E-state index in [0.29, 0.717) is 0 Å². The summed E-state index contributed by atoms with van der Waals surface area (Å²) in [6.45, 7) is 1.37. The molecule has 0 saturated carbocycles. The van der Waals surface area contributed by atoms with Gasteiger partial charge >= 0.3 is 6.18 Å². The zero-order valence-corrected chi connectivity index (χ0v) is 15.2. The summed E-state index contributed by atoms with van der Waals surface area (Å²) in [6, 6.07) is 4.10. The number of aryl methyl sites for hydroxylation is 1. The van der Waals surface area contributed by atoms with Crippen LogP contribution in [-0.4, -0.2) is 22.8 Å². The number of nitrogens with one attached hydrogen (secondary N) is 1. The van der Waals surface area contributed by atoms with Gasteiger partial charge in [0.25, 0.3) is 0 Å². The van der Waals surface area contributed by atoms with Crippen LogP contribution in [-0.2, 0) is 15.8 Å². The number of nitrogens with zero attached hydrogens (tertiary/aromatic N) is 2. The number of carbonyl (C=O) groups is 2. The Hall–Kier alpha value is -2.68. The average Bonchev–Trinajstić information content (AvgIpc) is 2.98. The quantitative estimate of drug-likeness (QED) is 0.759. The number of amides is 2. The third kappa shape index (κ3) is 4.09. The number of pyridine rings is 1. The highest BCUT2D eigenvalue weighted by Crippen LogP contribution is 2.34. The minimum Gasteiger partial charge on any atom is -0.324 e. The highest BCUT2D eigenvalue weighted by Gasteiger charge is 2.39. The zero-order valence-electron chi connectivity index (χ0n) is 14.5. The molecule has 0 spiro atoms. The van der Waals surface area contributed by atoms with Gasteiger partial charge in [0.15, 0.2) is 0 Å². The van der Waals surface area contributed by atoms with Gasteiger partial charge in [0.05, 0.1) is 10.6 Å². The minimum atomic E-state index is -4.62. The maximum absolute atomic E-state index is 13.2. The summed E-state index contributed by atoms with van der Waals surface area (Å²) in [6.07, 6.45) is -4.52. The van der Waals surface area contributed by atoms with Crippen LogP contribution in [0.15, 0.2) is 30.3 Å². The number of anilines is 2. The summed E-state index contributed by atoms with van der Waals surface area (Å²) >= 11 is 5.67. The monoisotopic (exact) mass is 415 g/mol. The van der Waals surface area contributed by atoms with Crippen LogP contribution < -0.4 is 10.2 Å². The number of benzene rings is 1. The molecular formula is C18H14ClF4N3O2. The SMILES string of the molecule is Cc1cc(C(F)(F)F)cc(N2C(=O)CC[C@H]2C(=O)Nc2ccc(F)c(Cl)c2)n1. The van der Waals surface area contributed by atoms with Gasteiger partial charge in [-0.15, -0.1) is 0 Å². The molecule has 1 aliphatic rings. The van der Waals surface area contributed by atoms with Crippen molar-refractivity contribution in [1.29, 1.82) is 0 Å². The van der Waals surface area contributed by atoms with Crippen molar-refractivity contribution in [3.8, 4) is 0 Å². The highest BCUT2D eigenvalue weighted by atomic mass is 35.5. The lowest BCUT2D eigenvalue weighted by molar-refractivity contribution is -0.137. The van der Waals surface area contributed by atoms with E-state index in [-0.39, 0.29) is 35.1 Å². The van der Waals surface area contributed by atoms with Crippen molar-refractivity contribution >= 4 is 34.9 Å². The summed E-state index contributed by atoms with van der Waals surface area (Å²) in [5.41, 5.74) is -0.697. The molecule has 10 heteroatoms. The fourth-order valence-corrected chi connectivity index (χ4v) is 3.14. The Morgan fingerprint density at radius 1 is 1.29 bits per heavy atom. The number of halogens is 5. The fraction of sp³-hybridized carbons (Fsp3) is 0.278. The maximum Gasteiger partial charge on any atom is 0.416 e. The van der Waals surface area contributed by atoms with Crippen LogP contribution in [0.3, 0.4) is 0 Å². The standard InChI is InChI=1S/C18H14ClF4N3O2/c1-9-6-10(18(21,22)23)7-15(24-9)26-14(4-5-16(26)27)17(28)25-11-2-3-13(20)12(19)8-11/h2-3,6-8,14H,4-5H2,1H3,(H,25,28)/t14-/m0/s1. The Labute approximate surface area is 162 Å². The lowest BCUT2D eigenvalue weighted by Crippen LogP contribution is -2.42. The summed E-state index contributed by atoms with van der Waals surface area (Å²) in [5, 5.41) is 2.30. The second-order valence-electron chi connectivity index (χ2n) is 6.29. The third-order valence-corrected chi connectivity index (χ3v) is 4.51. The molecule has 1 atom stereocenters. The van der Waals surface area contributed by atoms with Crippen molar-refractivity contribution < 1.29 is 27.2 Å². The first-order valence-electron chi connectivity index (χ1n) is 8.20. The van der Waals surface area contributed by atoms with Crippen LogP contribution in [0.4, 0.5) is 29.1 Å². The largest absolute Gasteiger partial charge is 0.416 e. The van der Waals surface area contributed by atoms with Gasteiger partial charge in [-0.05, 0) is 43.7 Å². The van der Waals surface area contributed by atoms with Crippen molar-refractivity contribution in [2.45, 2.75) is 32.0 Å². The van der Waals surface area contributed by atoms with Crippen molar-refractivity contribution in [3.63, 3.8) is 0 Å². The number of alkyl halides is 3. The summed E-state index contributed by atoms with van der Waals surface area (Å²) < 4.78 is 52.5. The van der Waals surface area contributed by atoms with Crippen LogP contribution in [0.2, 0.25) is 5.02 Å². The summed E-state index contributed by atoms with van der Waals surface area (Å²) in [4.78, 5) is 29.8. The van der Waals surface area contributed by atoms with Gasteiger partial charge in [-0.1, -0.05) is 11.6 Å². The molecule has 0 bridgehead atoms. The maximum atomic E-state index is 13.2. The molecule has 1 N–H and O–H groups in total. The van der Waals surface area contributed by atoms with Crippen molar-refractivity contribution in [2.75, 3.05) is 10.2 Å². The van der Waals surface area contributed by atoms with Gasteiger partial charge in [-0.25, -0.2) is 9.37 Å². The second-order valence-corrected chi connectivity index (χ2v) is 6.70. The Kier molecular flexibility index (Phi) is 5.29. The van der Waals surface area contributed by atoms with Crippen LogP contribution in [0.25, 0.3) is 0 Å². The fourth-order valence-electron chi connectivity index (χ4n) is 2.96. The van der Waals surface area contributed by atoms with Crippen LogP contribution in [0.5, 0.6) is 0 Å². The van der Waals surface area contributed by atoms with E-state index in [1.807, 2.05) is 0 Å². The van der Waals surface area contributed by atoms with E-state index in [4.69, 9.17) is 11.6 Å². The van der Waals surface area contributed by atoms with Crippen LogP contribution in [0.1, 0.15) is 24.1 Å². The Morgan fingerprint density at radius 3 is 2.64 bits per heavy atom. The van der Waals surface area contributed by atoms with Crippen molar-refractivity contribution in [3.05, 3.63) is 52.4 Å². The second kappa shape index (κ2) is 7.38. The Bertz CT molecular complexity index is 949. The molecule has 0 aliphatic carbocycles. The minimum absolute atomic E-state index is 0.0146. The third-order valence-electron chi connectivity index (χ3n) is 4.22. The topological polar surface area (TPSA) is 62.3 Å². The highest BCUT2D eigenvalue weighted by molar-refractivity contribution is 6.31. The molecule has 28 heavy (non-hydrogen) atoms. The summed E-state index contributed by atoms with van der Waals surface area (Å²) in [7, 11) is 0. The molecule has 2 aromatic rings. The molecule has 2 amide bonds. The van der Waals surface area contributed by atoms with Gasteiger partial charge in [-0.2, -0.15) is 13.2 Å². The molecule has 0 radical (unpaired) electrons. The molecule has 3 rings (SSSR count). The number of carbonyl (C=O) groups excluding carboxylic acids is 2. The predicted octanol–water partition coefficient (Wildman–Crippen LogP) is 4.34. The van der Waals surface area contributed by atoms with E-state index >= 15 is 0 Å². The first kappa shape index (κ1) is 20.1. The van der Waals surface area contributed by atoms with Crippen molar-refractivity contribution in [2.24, 2.45) is 0 Å². The van der Waals surface area contributed by atoms with E-state index in [1.54, 1.807) is 0 Å². The lowest BCUT2D eigenvalue weighted by Gasteiger charge is -2.24. The molecule has 148 valence electrons. The van der Waals surface area contributed by atoms with Gasteiger partial charge < -0.3 is 5.32 Å². The average molecular weight is 416 g/mol. The number of aromatic nitrogens is 1. The molecule has 1 aromatic heterocycles. The summed E-state index contributed by atoms with van der Waals surface area (Å²) in [5.74, 6) is -2.05. The van der Waals surface area contributed by atoms with E-state index in [2.05, 4.69) is 10.3 Å². The van der Waals surface area contributed by atoms with Crippen LogP contribution >= 0.6 is 11.6 Å². The van der Waals surface area contributed by atoms with Gasteiger partial charge in [-0.3, -0.25) is 14.5 Å². The Balaban J connectivity index is 1.90. The number of rotatable bonds is 3. The smallest absolute Gasteiger partial charge is 0.324 e. The Morgan fingerprint density at radius 2 is 2.00 bits per heavy atom. The first-order valence-corrected chi connectivity index (χ1v) is 8.58. The predicted molar refractivity (Wildman–Crippen MR) is 94.5 cm³/mol. The van der Waals surface area contributed by atoms with Gasteiger partial charge in [0.2, 0.25) is 11.8 Å². The van der Waals surface area contributed by atoms with E-state index in [0.717, 1.165) is 23.1 Å². The molecular weight excluding hydrogens is 402 g/mol. The van der Waals surface area contributed by atoms with Gasteiger partial charge in [0, 0.05) is 17.8 Å². The zero-order chi connectivity index (χ0) is 20.6. The molecule has 2 heterocycles. The number of hydrogen-bond donors (Lipinski definition) is 1. The van der Waals surface area contributed by atoms with E-state index in [9.17, 15) is 27.2 Å². The normalized spacial score (nSPS) is 17.1. The first-order chi connectivity index (χ1) is 13.1.